The Kier molecular flexibility index (Phi) is 8.35. The Hall–Kier alpha value is -1.22. The van der Waals surface area contributed by atoms with E-state index < -0.39 is 5.97 Å². The molecular weight excluding hydrogens is 228 g/mol. The Morgan fingerprint density at radius 2 is 2.25 bits per heavy atom. The van der Waals surface area contributed by atoms with Gasteiger partial charge in [0, 0.05) is 6.04 Å². The van der Waals surface area contributed by atoms with Crippen LogP contribution in [0.1, 0.15) is 26.2 Å². The monoisotopic (exact) mass is 244 g/mol. The van der Waals surface area contributed by atoms with E-state index in [0.29, 0.717) is 6.42 Å². The molecule has 0 aromatic rings. The van der Waals surface area contributed by atoms with Crippen molar-refractivity contribution in [1.29, 1.82) is 5.26 Å². The predicted octanol–water partition coefficient (Wildman–Crippen LogP) is 1.00. The number of hydrogen-bond donors (Lipinski definition) is 2. The van der Waals surface area contributed by atoms with Crippen molar-refractivity contribution < 1.29 is 14.7 Å². The zero-order valence-electron chi connectivity index (χ0n) is 9.23. The molecule has 0 radical (unpaired) electrons. The van der Waals surface area contributed by atoms with Gasteiger partial charge in [-0.15, -0.1) is 11.8 Å². The molecule has 0 aliphatic rings. The van der Waals surface area contributed by atoms with Crippen molar-refractivity contribution >= 4 is 23.6 Å². The van der Waals surface area contributed by atoms with Gasteiger partial charge in [0.15, 0.2) is 0 Å². The van der Waals surface area contributed by atoms with E-state index in [1.807, 2.05) is 13.0 Å². The number of carboxylic acids is 1. The zero-order valence-corrected chi connectivity index (χ0v) is 10.0. The van der Waals surface area contributed by atoms with E-state index in [1.165, 1.54) is 11.8 Å². The Balaban J connectivity index is 3.93. The number of carbonyl (C=O) groups is 2. The summed E-state index contributed by atoms with van der Waals surface area (Å²) in [5, 5.41) is 19.6. The topological polar surface area (TPSA) is 90.2 Å². The molecular formula is C10H16N2O3S. The molecule has 2 N–H and O–H groups in total. The molecule has 0 fully saturated rings. The van der Waals surface area contributed by atoms with Crippen molar-refractivity contribution in [3.63, 3.8) is 0 Å². The molecule has 1 atom stereocenters. The van der Waals surface area contributed by atoms with Crippen LogP contribution in [0, 0.1) is 11.3 Å². The quantitative estimate of drug-likeness (QED) is 0.622. The van der Waals surface area contributed by atoms with Crippen LogP contribution in [0.4, 0.5) is 0 Å². The molecule has 0 spiro atoms. The van der Waals surface area contributed by atoms with Crippen LogP contribution in [0.3, 0.4) is 0 Å². The summed E-state index contributed by atoms with van der Waals surface area (Å²) in [6.07, 6.45) is 1.42. The van der Waals surface area contributed by atoms with Gasteiger partial charge in [0.05, 0.1) is 24.0 Å². The maximum atomic E-state index is 11.4. The summed E-state index contributed by atoms with van der Waals surface area (Å²) in [6.45, 7) is 1.94. The second-order valence-corrected chi connectivity index (χ2v) is 4.29. The second-order valence-electron chi connectivity index (χ2n) is 3.30. The largest absolute Gasteiger partial charge is 0.481 e. The second kappa shape index (κ2) is 9.04. The number of nitrogens with zero attached hydrogens (tertiary/aromatic N) is 1. The average Bonchev–Trinajstić information content (AvgIpc) is 2.17. The van der Waals surface area contributed by atoms with Crippen LogP contribution in [0.15, 0.2) is 0 Å². The predicted molar refractivity (Wildman–Crippen MR) is 62.0 cm³/mol. The van der Waals surface area contributed by atoms with E-state index in [1.54, 1.807) is 0 Å². The first-order chi connectivity index (χ1) is 7.60. The molecule has 0 heterocycles. The van der Waals surface area contributed by atoms with Crippen LogP contribution in [-0.2, 0) is 9.59 Å². The standard InChI is InChI=1S/C10H16N2O3S/c1-2-3-8(6-10(14)15)12-9(13)7-16-5-4-11/h8H,2-3,5-7H2,1H3,(H,12,13)(H,14,15). The number of nitriles is 1. The Morgan fingerprint density at radius 1 is 1.56 bits per heavy atom. The van der Waals surface area contributed by atoms with Crippen LogP contribution in [0.2, 0.25) is 0 Å². The van der Waals surface area contributed by atoms with Crippen LogP contribution in [0.5, 0.6) is 0 Å². The first kappa shape index (κ1) is 14.8. The number of carboxylic acid groups (broad SMARTS) is 1. The third-order valence-corrected chi connectivity index (χ3v) is 2.62. The van der Waals surface area contributed by atoms with Gasteiger partial charge in [-0.3, -0.25) is 9.59 Å². The molecule has 5 nitrogen and oxygen atoms in total. The number of thioether (sulfide) groups is 1. The van der Waals surface area contributed by atoms with Gasteiger partial charge >= 0.3 is 5.97 Å². The van der Waals surface area contributed by atoms with Gasteiger partial charge in [0.1, 0.15) is 0 Å². The van der Waals surface area contributed by atoms with Crippen molar-refractivity contribution in [2.45, 2.75) is 32.2 Å². The average molecular weight is 244 g/mol. The molecule has 0 bridgehead atoms. The number of rotatable bonds is 8. The van der Waals surface area contributed by atoms with E-state index in [0.717, 1.165) is 6.42 Å². The first-order valence-electron chi connectivity index (χ1n) is 5.06. The minimum Gasteiger partial charge on any atom is -0.481 e. The van der Waals surface area contributed by atoms with Crippen LogP contribution in [0.25, 0.3) is 0 Å². The lowest BCUT2D eigenvalue weighted by atomic mass is 10.1. The fourth-order valence-electron chi connectivity index (χ4n) is 1.24. The lowest BCUT2D eigenvalue weighted by Gasteiger charge is -2.15. The molecule has 0 aliphatic carbocycles. The Bertz CT molecular complexity index is 276. The SMILES string of the molecule is CCCC(CC(=O)O)NC(=O)CSCC#N. The van der Waals surface area contributed by atoms with E-state index >= 15 is 0 Å². The van der Waals surface area contributed by atoms with Crippen molar-refractivity contribution in [3.8, 4) is 6.07 Å². The van der Waals surface area contributed by atoms with Gasteiger partial charge in [-0.05, 0) is 6.42 Å². The number of hydrogen-bond acceptors (Lipinski definition) is 4. The van der Waals surface area contributed by atoms with Crippen LogP contribution < -0.4 is 5.32 Å². The van der Waals surface area contributed by atoms with E-state index in [9.17, 15) is 9.59 Å². The van der Waals surface area contributed by atoms with Crippen molar-refractivity contribution in [3.05, 3.63) is 0 Å². The molecule has 0 aromatic heterocycles. The molecule has 0 saturated heterocycles. The van der Waals surface area contributed by atoms with Crippen molar-refractivity contribution in [2.24, 2.45) is 0 Å². The fraction of sp³-hybridized carbons (Fsp3) is 0.700. The number of carbonyl (C=O) groups excluding carboxylic acids is 1. The summed E-state index contributed by atoms with van der Waals surface area (Å²) in [7, 11) is 0. The molecule has 16 heavy (non-hydrogen) atoms. The highest BCUT2D eigenvalue weighted by atomic mass is 32.2. The minimum absolute atomic E-state index is 0.0531. The zero-order chi connectivity index (χ0) is 12.4. The van der Waals surface area contributed by atoms with Gasteiger partial charge < -0.3 is 10.4 Å². The van der Waals surface area contributed by atoms with Gasteiger partial charge in [-0.2, -0.15) is 5.26 Å². The van der Waals surface area contributed by atoms with E-state index in [-0.39, 0.29) is 29.9 Å². The summed E-state index contributed by atoms with van der Waals surface area (Å²) < 4.78 is 0. The van der Waals surface area contributed by atoms with Crippen molar-refractivity contribution in [2.75, 3.05) is 11.5 Å². The molecule has 0 rings (SSSR count). The molecule has 0 saturated carbocycles. The van der Waals surface area contributed by atoms with Gasteiger partial charge in [0.2, 0.25) is 5.91 Å². The molecule has 1 unspecified atom stereocenters. The summed E-state index contributed by atoms with van der Waals surface area (Å²) in [5.41, 5.74) is 0. The van der Waals surface area contributed by atoms with Crippen LogP contribution in [-0.4, -0.2) is 34.5 Å². The van der Waals surface area contributed by atoms with Gasteiger partial charge in [-0.25, -0.2) is 0 Å². The maximum Gasteiger partial charge on any atom is 0.305 e. The summed E-state index contributed by atoms with van der Waals surface area (Å²) in [6, 6.07) is 1.61. The summed E-state index contributed by atoms with van der Waals surface area (Å²) in [5.74, 6) is -0.651. The normalized spacial score (nSPS) is 11.5. The summed E-state index contributed by atoms with van der Waals surface area (Å²) >= 11 is 1.22. The smallest absolute Gasteiger partial charge is 0.305 e. The highest BCUT2D eigenvalue weighted by Gasteiger charge is 2.14. The van der Waals surface area contributed by atoms with Gasteiger partial charge in [0.25, 0.3) is 0 Å². The number of aliphatic carboxylic acids is 1. The summed E-state index contributed by atoms with van der Waals surface area (Å²) in [4.78, 5) is 21.9. The lowest BCUT2D eigenvalue weighted by molar-refractivity contribution is -0.137. The van der Waals surface area contributed by atoms with E-state index in [4.69, 9.17) is 10.4 Å². The van der Waals surface area contributed by atoms with Crippen LogP contribution >= 0.6 is 11.8 Å². The highest BCUT2D eigenvalue weighted by molar-refractivity contribution is 8.00. The molecule has 90 valence electrons. The fourth-order valence-corrected chi connectivity index (χ4v) is 1.71. The Labute approximate surface area is 99.2 Å². The third-order valence-electron chi connectivity index (χ3n) is 1.82. The maximum absolute atomic E-state index is 11.4. The Morgan fingerprint density at radius 3 is 2.75 bits per heavy atom. The number of nitrogens with one attached hydrogen (secondary N) is 1. The highest BCUT2D eigenvalue weighted by Crippen LogP contribution is 2.03. The molecule has 1 amide bonds. The third kappa shape index (κ3) is 8.12. The number of amides is 1. The van der Waals surface area contributed by atoms with Crippen molar-refractivity contribution in [1.82, 2.24) is 5.32 Å². The molecule has 0 aromatic carbocycles. The van der Waals surface area contributed by atoms with Gasteiger partial charge in [-0.1, -0.05) is 13.3 Å². The first-order valence-corrected chi connectivity index (χ1v) is 6.21. The minimum atomic E-state index is -0.913. The van der Waals surface area contributed by atoms with E-state index in [2.05, 4.69) is 5.32 Å². The molecule has 6 heteroatoms. The lowest BCUT2D eigenvalue weighted by Crippen LogP contribution is -2.37. The molecule has 0 aliphatic heterocycles.